The number of carbonyl (C=O) groups excluding carboxylic acids is 1. The van der Waals surface area contributed by atoms with Crippen LogP contribution in [0.4, 0.5) is 15.2 Å². The Bertz CT molecular complexity index is 1480. The van der Waals surface area contributed by atoms with Crippen LogP contribution in [0.5, 0.6) is 5.75 Å². The number of benzene rings is 1. The summed E-state index contributed by atoms with van der Waals surface area (Å²) in [5.74, 6) is 1.07. The molecule has 0 aliphatic carbocycles. The molecule has 1 fully saturated rings. The fourth-order valence-electron chi connectivity index (χ4n) is 5.09. The van der Waals surface area contributed by atoms with Crippen molar-refractivity contribution in [1.82, 2.24) is 19.9 Å². The average molecular weight is 545 g/mol. The van der Waals surface area contributed by atoms with Crippen molar-refractivity contribution < 1.29 is 13.9 Å². The molecule has 1 amide bonds. The molecule has 0 spiro atoms. The van der Waals surface area contributed by atoms with Crippen LogP contribution in [0.3, 0.4) is 0 Å². The van der Waals surface area contributed by atoms with Gasteiger partial charge in [0.25, 0.3) is 5.91 Å². The maximum atomic E-state index is 13.5. The Balaban J connectivity index is 1.11. The van der Waals surface area contributed by atoms with E-state index in [0.29, 0.717) is 17.4 Å². The number of nitrogens with one attached hydrogen (secondary N) is 2. The van der Waals surface area contributed by atoms with Crippen molar-refractivity contribution in [2.45, 2.75) is 31.8 Å². The number of hydrogen-bond acceptors (Lipinski definition) is 7. The molecule has 2 aliphatic heterocycles. The molecule has 0 bridgehead atoms. The summed E-state index contributed by atoms with van der Waals surface area (Å²) < 4.78 is 21.3. The number of aromatic nitrogens is 3. The van der Waals surface area contributed by atoms with E-state index in [1.54, 1.807) is 29.0 Å². The van der Waals surface area contributed by atoms with E-state index in [4.69, 9.17) is 9.72 Å². The van der Waals surface area contributed by atoms with Crippen molar-refractivity contribution in [3.63, 3.8) is 0 Å². The highest BCUT2D eigenvalue weighted by Gasteiger charge is 2.28. The number of amides is 1. The van der Waals surface area contributed by atoms with Crippen LogP contribution in [0.25, 0.3) is 0 Å². The van der Waals surface area contributed by atoms with Crippen molar-refractivity contribution in [2.24, 2.45) is 0 Å². The summed E-state index contributed by atoms with van der Waals surface area (Å²) in [6.45, 7) is 3.10. The van der Waals surface area contributed by atoms with Crippen LogP contribution >= 0.6 is 11.3 Å². The third-order valence-electron chi connectivity index (χ3n) is 6.98. The van der Waals surface area contributed by atoms with Gasteiger partial charge in [-0.1, -0.05) is 0 Å². The van der Waals surface area contributed by atoms with Gasteiger partial charge >= 0.3 is 0 Å². The molecule has 1 unspecified atom stereocenters. The van der Waals surface area contributed by atoms with Gasteiger partial charge < -0.3 is 19.5 Å². The van der Waals surface area contributed by atoms with E-state index < -0.39 is 5.95 Å². The normalized spacial score (nSPS) is 17.2. The summed E-state index contributed by atoms with van der Waals surface area (Å²) in [5.41, 5.74) is 3.30. The SMILES string of the molecule is O=C(Nc1nc(C2CCCN2c2ccc(OC3=CCNCC3)cc2)cs1)c1cccn1Cc1ccnc(F)c1. The molecule has 1 saturated heterocycles. The average Bonchev–Trinajstić information content (AvgIpc) is 3.71. The number of rotatable bonds is 8. The first-order valence-electron chi connectivity index (χ1n) is 13.1. The lowest BCUT2D eigenvalue weighted by molar-refractivity contribution is 0.101. The Labute approximate surface area is 230 Å². The van der Waals surface area contributed by atoms with Crippen LogP contribution in [-0.2, 0) is 6.54 Å². The van der Waals surface area contributed by atoms with Gasteiger partial charge in [-0.25, -0.2) is 9.97 Å². The Morgan fingerprint density at radius 3 is 2.95 bits per heavy atom. The maximum absolute atomic E-state index is 13.5. The Hall–Kier alpha value is -4.02. The summed E-state index contributed by atoms with van der Waals surface area (Å²) in [6.07, 6.45) is 8.29. The monoisotopic (exact) mass is 544 g/mol. The second kappa shape index (κ2) is 11.4. The fourth-order valence-corrected chi connectivity index (χ4v) is 5.84. The van der Waals surface area contributed by atoms with Gasteiger partial charge in [-0.05, 0) is 73.0 Å². The molecular formula is C29H29FN6O2S. The molecule has 3 aromatic heterocycles. The Morgan fingerprint density at radius 2 is 2.13 bits per heavy atom. The van der Waals surface area contributed by atoms with Crippen molar-refractivity contribution in [2.75, 3.05) is 29.9 Å². The number of pyridine rings is 1. The van der Waals surface area contributed by atoms with Crippen LogP contribution in [0.2, 0.25) is 0 Å². The zero-order valence-corrected chi connectivity index (χ0v) is 22.2. The van der Waals surface area contributed by atoms with E-state index in [0.717, 1.165) is 67.4 Å². The first kappa shape index (κ1) is 25.3. The first-order valence-corrected chi connectivity index (χ1v) is 14.0. The Morgan fingerprint density at radius 1 is 1.23 bits per heavy atom. The van der Waals surface area contributed by atoms with E-state index in [9.17, 15) is 9.18 Å². The van der Waals surface area contributed by atoms with Gasteiger partial charge in [0.15, 0.2) is 5.13 Å². The standard InChI is InChI=1S/C29H29FN6O2S/c30-27-17-20(9-14-32-27)18-35-15-1-4-26(35)28(37)34-29-33-24(19-39-29)25-3-2-16-36(25)21-5-7-22(8-6-21)38-23-10-12-31-13-11-23/h1,4-10,14-15,17,19,25,31H,2-3,11-13,16,18H2,(H,33,34,37). The zero-order chi connectivity index (χ0) is 26.6. The summed E-state index contributed by atoms with van der Waals surface area (Å²) >= 11 is 1.42. The number of halogens is 1. The third kappa shape index (κ3) is 5.86. The van der Waals surface area contributed by atoms with Crippen LogP contribution in [-0.4, -0.2) is 40.1 Å². The minimum Gasteiger partial charge on any atom is -0.462 e. The van der Waals surface area contributed by atoms with E-state index in [2.05, 4.69) is 38.7 Å². The summed E-state index contributed by atoms with van der Waals surface area (Å²) in [7, 11) is 0. The van der Waals surface area contributed by atoms with Gasteiger partial charge in [0.2, 0.25) is 5.95 Å². The van der Waals surface area contributed by atoms with Crippen LogP contribution in [0.15, 0.2) is 78.1 Å². The molecular weight excluding hydrogens is 515 g/mol. The smallest absolute Gasteiger partial charge is 0.274 e. The molecule has 10 heteroatoms. The molecule has 8 nitrogen and oxygen atoms in total. The molecule has 4 aromatic rings. The summed E-state index contributed by atoms with van der Waals surface area (Å²) in [5, 5.41) is 8.82. The molecule has 1 atom stereocenters. The summed E-state index contributed by atoms with van der Waals surface area (Å²) in [6, 6.07) is 15.1. The number of carbonyl (C=O) groups is 1. The van der Waals surface area contributed by atoms with E-state index in [1.165, 1.54) is 23.6 Å². The number of ether oxygens (including phenoxy) is 1. The lowest BCUT2D eigenvalue weighted by Crippen LogP contribution is -2.23. The van der Waals surface area contributed by atoms with E-state index >= 15 is 0 Å². The molecule has 0 saturated carbocycles. The highest BCUT2D eigenvalue weighted by molar-refractivity contribution is 7.14. The molecule has 0 radical (unpaired) electrons. The zero-order valence-electron chi connectivity index (χ0n) is 21.3. The molecule has 1 aromatic carbocycles. The van der Waals surface area contributed by atoms with Gasteiger partial charge in [-0.3, -0.25) is 10.1 Å². The molecule has 200 valence electrons. The largest absolute Gasteiger partial charge is 0.462 e. The van der Waals surface area contributed by atoms with Crippen LogP contribution in [0, 0.1) is 5.95 Å². The molecule has 39 heavy (non-hydrogen) atoms. The van der Waals surface area contributed by atoms with Gasteiger partial charge in [0, 0.05) is 56.1 Å². The van der Waals surface area contributed by atoms with Crippen molar-refractivity contribution in [1.29, 1.82) is 0 Å². The molecule has 2 aliphatic rings. The number of thiazole rings is 1. The van der Waals surface area contributed by atoms with Gasteiger partial charge in [0.1, 0.15) is 17.2 Å². The lowest BCUT2D eigenvalue weighted by Gasteiger charge is -2.26. The third-order valence-corrected chi connectivity index (χ3v) is 7.76. The minimum absolute atomic E-state index is 0.149. The number of anilines is 2. The second-order valence-electron chi connectivity index (χ2n) is 9.61. The first-order chi connectivity index (χ1) is 19.1. The van der Waals surface area contributed by atoms with E-state index in [1.807, 2.05) is 17.5 Å². The predicted molar refractivity (Wildman–Crippen MR) is 150 cm³/mol. The van der Waals surface area contributed by atoms with Crippen molar-refractivity contribution in [3.05, 3.63) is 101 Å². The van der Waals surface area contributed by atoms with Crippen molar-refractivity contribution >= 4 is 28.1 Å². The summed E-state index contributed by atoms with van der Waals surface area (Å²) in [4.78, 5) is 23.8. The fraction of sp³-hybridized carbons (Fsp3) is 0.276. The molecule has 2 N–H and O–H groups in total. The highest BCUT2D eigenvalue weighted by Crippen LogP contribution is 2.38. The second-order valence-corrected chi connectivity index (χ2v) is 10.5. The van der Waals surface area contributed by atoms with Crippen LogP contribution < -0.4 is 20.3 Å². The topological polar surface area (TPSA) is 84.3 Å². The lowest BCUT2D eigenvalue weighted by atomic mass is 10.1. The number of hydrogen-bond donors (Lipinski definition) is 2. The minimum atomic E-state index is -0.541. The molecule has 6 rings (SSSR count). The number of nitrogens with zero attached hydrogens (tertiary/aromatic N) is 4. The predicted octanol–water partition coefficient (Wildman–Crippen LogP) is 5.38. The highest BCUT2D eigenvalue weighted by atomic mass is 32.1. The van der Waals surface area contributed by atoms with Crippen LogP contribution in [0.1, 0.15) is 47.1 Å². The maximum Gasteiger partial charge on any atom is 0.274 e. The van der Waals surface area contributed by atoms with Crippen molar-refractivity contribution in [3.8, 4) is 5.75 Å². The van der Waals surface area contributed by atoms with E-state index in [-0.39, 0.29) is 11.9 Å². The van der Waals surface area contributed by atoms with Gasteiger partial charge in [0.05, 0.1) is 11.7 Å². The van der Waals surface area contributed by atoms with Gasteiger partial charge in [-0.2, -0.15) is 4.39 Å². The molecule has 5 heterocycles. The Kier molecular flexibility index (Phi) is 7.38. The quantitative estimate of drug-likeness (QED) is 0.290. The van der Waals surface area contributed by atoms with Gasteiger partial charge in [-0.15, -0.1) is 11.3 Å².